The first-order valence-electron chi connectivity index (χ1n) is 8.92. The van der Waals surface area contributed by atoms with Gasteiger partial charge in [0.1, 0.15) is 6.33 Å². The number of benzene rings is 2. The number of carbonyl (C=O) groups is 1. The van der Waals surface area contributed by atoms with E-state index in [2.05, 4.69) is 44.5 Å². The summed E-state index contributed by atoms with van der Waals surface area (Å²) in [7, 11) is 0. The summed E-state index contributed by atoms with van der Waals surface area (Å²) in [5.41, 5.74) is 3.56. The maximum Gasteiger partial charge on any atom is 0.258 e. The number of hydrogen-bond acceptors (Lipinski definition) is 4. The van der Waals surface area contributed by atoms with Crippen LogP contribution >= 0.6 is 0 Å². The highest BCUT2D eigenvalue weighted by atomic mass is 16.1. The van der Waals surface area contributed by atoms with Crippen molar-refractivity contribution in [2.45, 2.75) is 6.04 Å². The van der Waals surface area contributed by atoms with E-state index in [0.717, 1.165) is 31.0 Å². The molecule has 2 heterocycles. The molecule has 1 aliphatic heterocycles. The molecule has 0 saturated carbocycles. The van der Waals surface area contributed by atoms with Crippen molar-refractivity contribution in [1.29, 1.82) is 0 Å². The number of carbonyl (C=O) groups excluding carboxylic acids is 1. The summed E-state index contributed by atoms with van der Waals surface area (Å²) in [5, 5.41) is 7.62. The van der Waals surface area contributed by atoms with E-state index in [-0.39, 0.29) is 11.9 Å². The summed E-state index contributed by atoms with van der Waals surface area (Å²) in [6.07, 6.45) is 4.40. The lowest BCUT2D eigenvalue weighted by atomic mass is 10.0. The van der Waals surface area contributed by atoms with Crippen molar-refractivity contribution in [2.24, 2.45) is 0 Å². The second-order valence-electron chi connectivity index (χ2n) is 6.41. The lowest BCUT2D eigenvalue weighted by Crippen LogP contribution is -2.42. The van der Waals surface area contributed by atoms with Crippen LogP contribution in [0.5, 0.6) is 0 Å². The summed E-state index contributed by atoms with van der Waals surface area (Å²) >= 11 is 0. The Labute approximate surface area is 158 Å². The van der Waals surface area contributed by atoms with E-state index in [4.69, 9.17) is 5.32 Å². The molecule has 1 atom stereocenters. The van der Waals surface area contributed by atoms with Crippen LogP contribution in [-0.2, 0) is 0 Å². The van der Waals surface area contributed by atoms with E-state index < -0.39 is 0 Å². The number of amides is 1. The smallest absolute Gasteiger partial charge is 0.258 e. The van der Waals surface area contributed by atoms with E-state index in [1.165, 1.54) is 24.3 Å². The molecule has 1 aromatic heterocycles. The number of anilines is 2. The fraction of sp³-hybridized carbons (Fsp3) is 0.190. The first-order chi connectivity index (χ1) is 13.3. The van der Waals surface area contributed by atoms with Gasteiger partial charge in [0.25, 0.3) is 5.91 Å². The molecule has 1 fully saturated rings. The average Bonchev–Trinajstić information content (AvgIpc) is 2.75. The van der Waals surface area contributed by atoms with Crippen molar-refractivity contribution in [3.05, 3.63) is 84.4 Å². The maximum atomic E-state index is 12.2. The van der Waals surface area contributed by atoms with Crippen LogP contribution < -0.4 is 15.5 Å². The van der Waals surface area contributed by atoms with E-state index in [1.54, 1.807) is 0 Å². The highest BCUT2D eigenvalue weighted by Gasteiger charge is 2.22. The number of nitrogens with one attached hydrogen (secondary N) is 1. The van der Waals surface area contributed by atoms with Crippen molar-refractivity contribution in [2.75, 3.05) is 29.9 Å². The Hall–Kier alpha value is -3.25. The maximum absolute atomic E-state index is 12.2. The Morgan fingerprint density at radius 2 is 1.74 bits per heavy atom. The number of aromatic nitrogens is 2. The van der Waals surface area contributed by atoms with Gasteiger partial charge >= 0.3 is 0 Å². The van der Waals surface area contributed by atoms with Gasteiger partial charge in [-0.1, -0.05) is 30.3 Å². The highest BCUT2D eigenvalue weighted by molar-refractivity contribution is 6.03. The molecule has 1 N–H and O–H groups in total. The molecule has 135 valence electrons. The van der Waals surface area contributed by atoms with Gasteiger partial charge < -0.3 is 10.2 Å². The summed E-state index contributed by atoms with van der Waals surface area (Å²) in [4.78, 5) is 22.3. The van der Waals surface area contributed by atoms with E-state index in [0.29, 0.717) is 5.56 Å². The molecule has 0 bridgehead atoms. The first-order valence-corrected chi connectivity index (χ1v) is 8.92. The quantitative estimate of drug-likeness (QED) is 0.778. The Balaban J connectivity index is 1.42. The Morgan fingerprint density at radius 1 is 1.00 bits per heavy atom. The second-order valence-corrected chi connectivity index (χ2v) is 6.41. The Bertz CT molecular complexity index is 883. The van der Waals surface area contributed by atoms with E-state index in [1.807, 2.05) is 30.3 Å². The lowest BCUT2D eigenvalue weighted by molar-refractivity contribution is 0.102. The molecule has 1 saturated heterocycles. The molecule has 1 amide bonds. The molecule has 27 heavy (non-hydrogen) atoms. The average molecular weight is 358 g/mol. The fourth-order valence-electron chi connectivity index (χ4n) is 3.19. The van der Waals surface area contributed by atoms with E-state index in [9.17, 15) is 4.79 Å². The topological polar surface area (TPSA) is 72.2 Å². The minimum atomic E-state index is -0.218. The molecule has 0 spiro atoms. The molecule has 6 heteroatoms. The van der Waals surface area contributed by atoms with Crippen molar-refractivity contribution in [1.82, 2.24) is 15.3 Å². The lowest BCUT2D eigenvalue weighted by Gasteiger charge is -2.34. The number of piperazine rings is 1. The van der Waals surface area contributed by atoms with Crippen LogP contribution in [0.15, 0.2) is 73.3 Å². The summed E-state index contributed by atoms with van der Waals surface area (Å²) in [6.45, 7) is 2.57. The standard InChI is InChI=1S/C21H20N5O/c27-21(17-12-22-15-23-13-17)25-18-6-8-19(9-7-18)26-11-10-24-20(14-26)16-4-2-1-3-5-16/h1-9,12-13,15,20H,10-11,14H2,(H,25,27). The molecule has 6 nitrogen and oxygen atoms in total. The largest absolute Gasteiger partial charge is 0.368 e. The SMILES string of the molecule is O=C(Nc1ccc(N2CC[N]C(c3ccccc3)C2)cc1)c1cncnc1. The molecule has 4 rings (SSSR count). The van der Waals surface area contributed by atoms with Gasteiger partial charge in [0.2, 0.25) is 0 Å². The molecular formula is C21H20N5O. The minimum absolute atomic E-state index is 0.192. The van der Waals surface area contributed by atoms with Crippen molar-refractivity contribution >= 4 is 17.3 Å². The normalized spacial score (nSPS) is 16.7. The zero-order valence-corrected chi connectivity index (χ0v) is 14.8. The second kappa shape index (κ2) is 7.97. The molecule has 0 aliphatic carbocycles. The van der Waals surface area contributed by atoms with Crippen molar-refractivity contribution in [3.8, 4) is 0 Å². The van der Waals surface area contributed by atoms with Crippen LogP contribution in [0.3, 0.4) is 0 Å². The van der Waals surface area contributed by atoms with Crippen LogP contribution in [0.1, 0.15) is 22.0 Å². The Kier molecular flexibility index (Phi) is 5.07. The van der Waals surface area contributed by atoms with Crippen LogP contribution in [0.25, 0.3) is 0 Å². The third-order valence-corrected chi connectivity index (χ3v) is 4.61. The summed E-state index contributed by atoms with van der Waals surface area (Å²) in [6, 6.07) is 18.5. The van der Waals surface area contributed by atoms with Gasteiger partial charge in [-0.05, 0) is 29.8 Å². The number of rotatable bonds is 4. The predicted octanol–water partition coefficient (Wildman–Crippen LogP) is 2.89. The number of nitrogens with zero attached hydrogens (tertiary/aromatic N) is 4. The molecule has 1 unspecified atom stereocenters. The Morgan fingerprint density at radius 3 is 2.48 bits per heavy atom. The summed E-state index contributed by atoms with van der Waals surface area (Å²) < 4.78 is 0. The minimum Gasteiger partial charge on any atom is -0.368 e. The zero-order chi connectivity index (χ0) is 18.5. The molecule has 1 aliphatic rings. The monoisotopic (exact) mass is 358 g/mol. The van der Waals surface area contributed by atoms with Gasteiger partial charge in [-0.2, -0.15) is 0 Å². The van der Waals surface area contributed by atoms with Gasteiger partial charge in [0, 0.05) is 43.4 Å². The summed E-state index contributed by atoms with van der Waals surface area (Å²) in [5.74, 6) is -0.218. The van der Waals surface area contributed by atoms with Gasteiger partial charge in [0.15, 0.2) is 0 Å². The molecule has 2 aromatic carbocycles. The fourth-order valence-corrected chi connectivity index (χ4v) is 3.19. The third kappa shape index (κ3) is 4.12. The third-order valence-electron chi connectivity index (χ3n) is 4.61. The first kappa shape index (κ1) is 17.2. The van der Waals surface area contributed by atoms with Gasteiger partial charge in [-0.25, -0.2) is 15.3 Å². The van der Waals surface area contributed by atoms with Crippen molar-refractivity contribution < 1.29 is 4.79 Å². The number of hydrogen-bond donors (Lipinski definition) is 1. The molecular weight excluding hydrogens is 338 g/mol. The highest BCUT2D eigenvalue weighted by Crippen LogP contribution is 2.24. The van der Waals surface area contributed by atoms with Crippen LogP contribution in [0, 0.1) is 0 Å². The van der Waals surface area contributed by atoms with E-state index >= 15 is 0 Å². The van der Waals surface area contributed by atoms with Gasteiger partial charge in [-0.15, -0.1) is 0 Å². The van der Waals surface area contributed by atoms with Crippen LogP contribution in [0.4, 0.5) is 11.4 Å². The van der Waals surface area contributed by atoms with Crippen molar-refractivity contribution in [3.63, 3.8) is 0 Å². The van der Waals surface area contributed by atoms with Crippen LogP contribution in [0.2, 0.25) is 0 Å². The zero-order valence-electron chi connectivity index (χ0n) is 14.8. The predicted molar refractivity (Wildman–Crippen MR) is 105 cm³/mol. The molecule has 1 radical (unpaired) electrons. The van der Waals surface area contributed by atoms with Gasteiger partial charge in [0.05, 0.1) is 11.6 Å². The van der Waals surface area contributed by atoms with Gasteiger partial charge in [-0.3, -0.25) is 4.79 Å². The molecule has 3 aromatic rings. The van der Waals surface area contributed by atoms with Crippen LogP contribution in [-0.4, -0.2) is 35.5 Å².